The summed E-state index contributed by atoms with van der Waals surface area (Å²) < 4.78 is 13.0. The highest BCUT2D eigenvalue weighted by Crippen LogP contribution is 2.20. The lowest BCUT2D eigenvalue weighted by molar-refractivity contribution is 0.362. The number of nitrogens with two attached hydrogens (primary N) is 1. The molecule has 0 aliphatic rings. The largest absolute Gasteiger partial charge is 0.309 e. The van der Waals surface area contributed by atoms with Gasteiger partial charge in [-0.2, -0.15) is 0 Å². The van der Waals surface area contributed by atoms with E-state index in [-0.39, 0.29) is 11.9 Å². The van der Waals surface area contributed by atoms with Crippen molar-refractivity contribution >= 4 is 0 Å². The van der Waals surface area contributed by atoms with E-state index in [1.54, 1.807) is 6.07 Å². The van der Waals surface area contributed by atoms with Gasteiger partial charge >= 0.3 is 0 Å². The molecule has 1 atom stereocenters. The van der Waals surface area contributed by atoms with E-state index in [1.165, 1.54) is 12.1 Å². The number of rotatable bonds is 5. The van der Waals surface area contributed by atoms with E-state index in [2.05, 4.69) is 10.3 Å². The van der Waals surface area contributed by atoms with E-state index in [4.69, 9.17) is 5.84 Å². The summed E-state index contributed by atoms with van der Waals surface area (Å²) >= 11 is 0. The Labute approximate surface area is 96.4 Å². The van der Waals surface area contributed by atoms with Crippen molar-refractivity contribution in [2.75, 3.05) is 20.6 Å². The second-order valence-corrected chi connectivity index (χ2v) is 4.31. The second-order valence-electron chi connectivity index (χ2n) is 4.31. The lowest BCUT2D eigenvalue weighted by atomic mass is 9.99. The summed E-state index contributed by atoms with van der Waals surface area (Å²) in [5.74, 6) is 5.33. The molecule has 90 valence electrons. The van der Waals surface area contributed by atoms with E-state index < -0.39 is 0 Å². The van der Waals surface area contributed by atoms with Gasteiger partial charge in [0.05, 0.1) is 0 Å². The van der Waals surface area contributed by atoms with Crippen LogP contribution < -0.4 is 11.3 Å². The summed E-state index contributed by atoms with van der Waals surface area (Å²) in [7, 11) is 4.04. The Bertz CT molecular complexity index is 339. The highest BCUT2D eigenvalue weighted by atomic mass is 19.1. The Morgan fingerprint density at radius 2 is 2.12 bits per heavy atom. The maximum absolute atomic E-state index is 13.0. The first kappa shape index (κ1) is 13.1. The van der Waals surface area contributed by atoms with E-state index in [9.17, 15) is 4.39 Å². The molecule has 0 amide bonds. The third-order valence-corrected chi connectivity index (χ3v) is 2.67. The van der Waals surface area contributed by atoms with Crippen molar-refractivity contribution in [3.63, 3.8) is 0 Å². The molecule has 3 N–H and O–H groups in total. The number of aryl methyl sites for hydroxylation is 1. The number of hydrogen-bond acceptors (Lipinski definition) is 3. The fourth-order valence-electron chi connectivity index (χ4n) is 1.75. The number of nitrogens with zero attached hydrogens (tertiary/aromatic N) is 1. The fraction of sp³-hybridized carbons (Fsp3) is 0.500. The molecule has 1 rings (SSSR count). The van der Waals surface area contributed by atoms with Crippen LogP contribution in [0.2, 0.25) is 0 Å². The van der Waals surface area contributed by atoms with Crippen LogP contribution in [0.5, 0.6) is 0 Å². The fourth-order valence-corrected chi connectivity index (χ4v) is 1.75. The van der Waals surface area contributed by atoms with Gasteiger partial charge in [0.15, 0.2) is 0 Å². The molecular formula is C12H20FN3. The van der Waals surface area contributed by atoms with Crippen LogP contribution in [0.15, 0.2) is 18.2 Å². The van der Waals surface area contributed by atoms with E-state index in [0.29, 0.717) is 0 Å². The van der Waals surface area contributed by atoms with Gasteiger partial charge in [-0.05, 0) is 57.2 Å². The zero-order chi connectivity index (χ0) is 12.1. The first-order valence-corrected chi connectivity index (χ1v) is 5.41. The SMILES string of the molecule is Cc1cc(F)ccc1C(CCN(C)C)NN. The van der Waals surface area contributed by atoms with Gasteiger partial charge in [-0.1, -0.05) is 6.07 Å². The molecule has 0 aliphatic carbocycles. The van der Waals surface area contributed by atoms with Gasteiger partial charge < -0.3 is 4.90 Å². The average Bonchev–Trinajstić information content (AvgIpc) is 2.21. The monoisotopic (exact) mass is 225 g/mol. The Kier molecular flexibility index (Phi) is 4.86. The van der Waals surface area contributed by atoms with Crippen LogP contribution in [0, 0.1) is 12.7 Å². The van der Waals surface area contributed by atoms with Crippen molar-refractivity contribution in [1.82, 2.24) is 10.3 Å². The molecule has 0 fully saturated rings. The molecule has 4 heteroatoms. The summed E-state index contributed by atoms with van der Waals surface area (Å²) in [5, 5.41) is 0. The standard InChI is InChI=1S/C12H20FN3/c1-9-8-10(13)4-5-11(9)12(15-14)6-7-16(2)3/h4-5,8,12,15H,6-7,14H2,1-3H3. The molecule has 0 aliphatic heterocycles. The molecule has 0 saturated carbocycles. The quantitative estimate of drug-likeness (QED) is 0.590. The zero-order valence-electron chi connectivity index (χ0n) is 10.1. The summed E-state index contributed by atoms with van der Waals surface area (Å²) in [4.78, 5) is 2.10. The van der Waals surface area contributed by atoms with Crippen LogP contribution in [0.4, 0.5) is 4.39 Å². The second kappa shape index (κ2) is 5.94. The minimum atomic E-state index is -0.204. The highest BCUT2D eigenvalue weighted by Gasteiger charge is 2.12. The number of nitrogens with one attached hydrogen (secondary N) is 1. The molecule has 1 aromatic carbocycles. The van der Waals surface area contributed by atoms with E-state index in [0.717, 1.165) is 24.1 Å². The van der Waals surface area contributed by atoms with E-state index >= 15 is 0 Å². The molecule has 0 bridgehead atoms. The number of halogens is 1. The van der Waals surface area contributed by atoms with Crippen molar-refractivity contribution in [1.29, 1.82) is 0 Å². The van der Waals surface area contributed by atoms with Gasteiger partial charge in [0.1, 0.15) is 5.82 Å². The summed E-state index contributed by atoms with van der Waals surface area (Å²) in [6, 6.07) is 4.88. The van der Waals surface area contributed by atoms with Crippen LogP contribution in [0.25, 0.3) is 0 Å². The minimum Gasteiger partial charge on any atom is -0.309 e. The molecular weight excluding hydrogens is 205 g/mol. The lowest BCUT2D eigenvalue weighted by Gasteiger charge is -2.20. The smallest absolute Gasteiger partial charge is 0.123 e. The Morgan fingerprint density at radius 1 is 1.44 bits per heavy atom. The first-order valence-electron chi connectivity index (χ1n) is 5.41. The van der Waals surface area contributed by atoms with Crippen LogP contribution in [-0.2, 0) is 0 Å². The van der Waals surface area contributed by atoms with E-state index in [1.807, 2.05) is 21.0 Å². The summed E-state index contributed by atoms with van der Waals surface area (Å²) in [6.07, 6.45) is 0.899. The molecule has 0 spiro atoms. The average molecular weight is 225 g/mol. The predicted octanol–water partition coefficient (Wildman–Crippen LogP) is 1.59. The Hall–Kier alpha value is -0.970. The third kappa shape index (κ3) is 3.56. The van der Waals surface area contributed by atoms with Crippen LogP contribution in [0.1, 0.15) is 23.6 Å². The Balaban J connectivity index is 2.78. The van der Waals surface area contributed by atoms with Crippen molar-refractivity contribution in [2.45, 2.75) is 19.4 Å². The molecule has 16 heavy (non-hydrogen) atoms. The van der Waals surface area contributed by atoms with Crippen molar-refractivity contribution in [3.8, 4) is 0 Å². The topological polar surface area (TPSA) is 41.3 Å². The van der Waals surface area contributed by atoms with Gasteiger partial charge in [0, 0.05) is 6.04 Å². The molecule has 1 aromatic rings. The molecule has 3 nitrogen and oxygen atoms in total. The molecule has 0 heterocycles. The first-order chi connectivity index (χ1) is 7.54. The number of benzene rings is 1. The zero-order valence-corrected chi connectivity index (χ0v) is 10.1. The summed E-state index contributed by atoms with van der Waals surface area (Å²) in [5.41, 5.74) is 4.78. The molecule has 0 radical (unpaired) electrons. The van der Waals surface area contributed by atoms with Crippen molar-refractivity contribution in [3.05, 3.63) is 35.1 Å². The maximum Gasteiger partial charge on any atom is 0.123 e. The van der Waals surface area contributed by atoms with Crippen molar-refractivity contribution in [2.24, 2.45) is 5.84 Å². The van der Waals surface area contributed by atoms with Crippen LogP contribution in [-0.4, -0.2) is 25.5 Å². The normalized spacial score (nSPS) is 13.1. The highest BCUT2D eigenvalue weighted by molar-refractivity contribution is 5.29. The maximum atomic E-state index is 13.0. The van der Waals surface area contributed by atoms with Gasteiger partial charge in [0.25, 0.3) is 0 Å². The molecule has 0 aromatic heterocycles. The number of hydrogen-bond donors (Lipinski definition) is 2. The van der Waals surface area contributed by atoms with Crippen LogP contribution in [0.3, 0.4) is 0 Å². The van der Waals surface area contributed by atoms with Crippen LogP contribution >= 0.6 is 0 Å². The lowest BCUT2D eigenvalue weighted by Crippen LogP contribution is -2.31. The third-order valence-electron chi connectivity index (χ3n) is 2.67. The molecule has 1 unspecified atom stereocenters. The van der Waals surface area contributed by atoms with Gasteiger partial charge in [-0.25, -0.2) is 4.39 Å². The number of hydrazine groups is 1. The molecule has 0 saturated heterocycles. The summed E-state index contributed by atoms with van der Waals surface area (Å²) in [6.45, 7) is 2.84. The van der Waals surface area contributed by atoms with Gasteiger partial charge in [0.2, 0.25) is 0 Å². The minimum absolute atomic E-state index is 0.0722. The van der Waals surface area contributed by atoms with Crippen molar-refractivity contribution < 1.29 is 4.39 Å². The predicted molar refractivity (Wildman–Crippen MR) is 64.4 cm³/mol. The van der Waals surface area contributed by atoms with Gasteiger partial charge in [-0.3, -0.25) is 11.3 Å². The Morgan fingerprint density at radius 3 is 2.62 bits per heavy atom. The van der Waals surface area contributed by atoms with Gasteiger partial charge in [-0.15, -0.1) is 0 Å².